The fraction of sp³-hybridized carbons (Fsp3) is 0.438. The monoisotopic (exact) mass is 230 g/mol. The Morgan fingerprint density at radius 1 is 1.18 bits per heavy atom. The minimum absolute atomic E-state index is 0.0771. The summed E-state index contributed by atoms with van der Waals surface area (Å²) < 4.78 is 0. The molecule has 0 saturated heterocycles. The summed E-state index contributed by atoms with van der Waals surface area (Å²) >= 11 is 0. The molecule has 0 aliphatic rings. The summed E-state index contributed by atoms with van der Waals surface area (Å²) in [6.45, 7) is 12.4. The normalized spacial score (nSPS) is 11.2. The molecule has 0 aromatic heterocycles. The van der Waals surface area contributed by atoms with Crippen LogP contribution in [0.1, 0.15) is 56.1 Å². The number of hydrogen-bond donors (Lipinski definition) is 0. The summed E-state index contributed by atoms with van der Waals surface area (Å²) in [6, 6.07) is 6.17. The van der Waals surface area contributed by atoms with Crippen LogP contribution < -0.4 is 0 Å². The Balaban J connectivity index is 3.25. The van der Waals surface area contributed by atoms with Crippen molar-refractivity contribution in [2.45, 2.75) is 47.0 Å². The second-order valence-electron chi connectivity index (χ2n) is 5.87. The van der Waals surface area contributed by atoms with E-state index in [-0.39, 0.29) is 11.2 Å². The smallest absolute Gasteiger partial charge is 0.186 e. The lowest BCUT2D eigenvalue weighted by molar-refractivity contribution is 0.104. The topological polar surface area (TPSA) is 17.1 Å². The molecule has 1 aromatic rings. The number of rotatable bonds is 2. The predicted molar refractivity (Wildman–Crippen MR) is 73.6 cm³/mol. The molecule has 1 rings (SSSR count). The average molecular weight is 230 g/mol. The van der Waals surface area contributed by atoms with Gasteiger partial charge in [0.05, 0.1) is 0 Å². The third-order valence-electron chi connectivity index (χ3n) is 2.79. The van der Waals surface area contributed by atoms with Crippen molar-refractivity contribution in [2.75, 3.05) is 0 Å². The molecule has 17 heavy (non-hydrogen) atoms. The Morgan fingerprint density at radius 2 is 1.76 bits per heavy atom. The molecule has 0 radical (unpaired) electrons. The van der Waals surface area contributed by atoms with Gasteiger partial charge in [-0.15, -0.1) is 0 Å². The molecule has 0 saturated carbocycles. The number of carbonyl (C=O) groups is 1. The lowest BCUT2D eigenvalue weighted by atomic mass is 9.84. The van der Waals surface area contributed by atoms with Gasteiger partial charge in [-0.2, -0.15) is 0 Å². The first-order valence-electron chi connectivity index (χ1n) is 6.02. The molecule has 0 unspecified atom stereocenters. The van der Waals surface area contributed by atoms with Crippen LogP contribution in [0.15, 0.2) is 29.8 Å². The van der Waals surface area contributed by atoms with Gasteiger partial charge in [-0.3, -0.25) is 4.79 Å². The van der Waals surface area contributed by atoms with Gasteiger partial charge in [-0.1, -0.05) is 38.5 Å². The number of hydrogen-bond acceptors (Lipinski definition) is 1. The van der Waals surface area contributed by atoms with Crippen LogP contribution in [0, 0.1) is 6.92 Å². The first-order chi connectivity index (χ1) is 7.71. The van der Waals surface area contributed by atoms with E-state index in [0.29, 0.717) is 0 Å². The van der Waals surface area contributed by atoms with E-state index in [9.17, 15) is 4.79 Å². The van der Waals surface area contributed by atoms with Crippen LogP contribution >= 0.6 is 0 Å². The SMILES string of the molecule is CC(C)=CC(=O)c1cc(C(C)(C)C)ccc1C. The number of aryl methyl sites for hydroxylation is 1. The van der Waals surface area contributed by atoms with Crippen molar-refractivity contribution < 1.29 is 4.79 Å². The highest BCUT2D eigenvalue weighted by Crippen LogP contribution is 2.24. The summed E-state index contributed by atoms with van der Waals surface area (Å²) in [5.41, 5.74) is 4.18. The zero-order valence-electron chi connectivity index (χ0n) is 11.7. The molecule has 0 N–H and O–H groups in total. The van der Waals surface area contributed by atoms with Crippen LogP contribution in [0.25, 0.3) is 0 Å². The van der Waals surface area contributed by atoms with Gasteiger partial charge >= 0.3 is 0 Å². The highest BCUT2D eigenvalue weighted by atomic mass is 16.1. The predicted octanol–water partition coefficient (Wildman–Crippen LogP) is 4.44. The summed E-state index contributed by atoms with van der Waals surface area (Å²) in [6.07, 6.45) is 1.70. The van der Waals surface area contributed by atoms with Crippen molar-refractivity contribution in [3.8, 4) is 0 Å². The fourth-order valence-corrected chi connectivity index (χ4v) is 1.69. The Hall–Kier alpha value is -1.37. The van der Waals surface area contributed by atoms with E-state index in [4.69, 9.17) is 0 Å². The molecule has 1 nitrogen and oxygen atoms in total. The molecule has 0 fully saturated rings. The first-order valence-corrected chi connectivity index (χ1v) is 6.02. The van der Waals surface area contributed by atoms with Gasteiger partial charge in [0.15, 0.2) is 5.78 Å². The maximum atomic E-state index is 12.1. The minimum Gasteiger partial charge on any atom is -0.289 e. The highest BCUT2D eigenvalue weighted by molar-refractivity contribution is 6.06. The quantitative estimate of drug-likeness (QED) is 0.542. The van der Waals surface area contributed by atoms with Crippen molar-refractivity contribution in [1.29, 1.82) is 0 Å². The third kappa shape index (κ3) is 3.55. The standard InChI is InChI=1S/C16H22O/c1-11(2)9-15(17)14-10-13(16(4,5)6)8-7-12(14)3/h7-10H,1-6H3. The van der Waals surface area contributed by atoms with Crippen LogP contribution in [0.4, 0.5) is 0 Å². The molecular weight excluding hydrogens is 208 g/mol. The molecule has 0 atom stereocenters. The zero-order chi connectivity index (χ0) is 13.2. The summed E-state index contributed by atoms with van der Waals surface area (Å²) in [5, 5.41) is 0. The van der Waals surface area contributed by atoms with E-state index in [1.165, 1.54) is 5.56 Å². The van der Waals surface area contributed by atoms with Gasteiger partial charge in [0.25, 0.3) is 0 Å². The maximum absolute atomic E-state index is 12.1. The second-order valence-corrected chi connectivity index (χ2v) is 5.87. The van der Waals surface area contributed by atoms with Crippen molar-refractivity contribution in [3.05, 3.63) is 46.5 Å². The Labute approximate surface area is 105 Å². The average Bonchev–Trinajstić information content (AvgIpc) is 2.15. The van der Waals surface area contributed by atoms with Crippen LogP contribution in [-0.2, 0) is 5.41 Å². The van der Waals surface area contributed by atoms with Gasteiger partial charge in [0.2, 0.25) is 0 Å². The lowest BCUT2D eigenvalue weighted by Gasteiger charge is -2.20. The van der Waals surface area contributed by atoms with Crippen molar-refractivity contribution in [2.24, 2.45) is 0 Å². The van der Waals surface area contributed by atoms with Crippen LogP contribution in [0.2, 0.25) is 0 Å². The zero-order valence-corrected chi connectivity index (χ0v) is 11.7. The molecule has 1 aromatic carbocycles. The van der Waals surface area contributed by atoms with E-state index in [0.717, 1.165) is 16.7 Å². The summed E-state index contributed by atoms with van der Waals surface area (Å²) in [5.74, 6) is 0.105. The van der Waals surface area contributed by atoms with E-state index in [1.54, 1.807) is 6.08 Å². The summed E-state index contributed by atoms with van der Waals surface area (Å²) in [7, 11) is 0. The van der Waals surface area contributed by atoms with Gasteiger partial charge in [-0.25, -0.2) is 0 Å². The molecule has 0 bridgehead atoms. The number of benzene rings is 1. The van der Waals surface area contributed by atoms with Crippen LogP contribution in [0.5, 0.6) is 0 Å². The Morgan fingerprint density at radius 3 is 2.24 bits per heavy atom. The van der Waals surface area contributed by atoms with Crippen molar-refractivity contribution in [3.63, 3.8) is 0 Å². The van der Waals surface area contributed by atoms with Gasteiger partial charge in [0, 0.05) is 5.56 Å². The van der Waals surface area contributed by atoms with Crippen LogP contribution in [0.3, 0.4) is 0 Å². The van der Waals surface area contributed by atoms with Gasteiger partial charge in [-0.05, 0) is 49.5 Å². The largest absolute Gasteiger partial charge is 0.289 e. The van der Waals surface area contributed by atoms with E-state index in [2.05, 4.69) is 26.8 Å². The summed E-state index contributed by atoms with van der Waals surface area (Å²) in [4.78, 5) is 12.1. The number of allylic oxidation sites excluding steroid dienone is 2. The molecule has 1 heteroatoms. The van der Waals surface area contributed by atoms with Gasteiger partial charge < -0.3 is 0 Å². The molecule has 92 valence electrons. The Kier molecular flexibility index (Phi) is 3.92. The fourth-order valence-electron chi connectivity index (χ4n) is 1.69. The molecular formula is C16H22O. The minimum atomic E-state index is 0.0771. The van der Waals surface area contributed by atoms with Gasteiger partial charge in [0.1, 0.15) is 0 Å². The van der Waals surface area contributed by atoms with Crippen LogP contribution in [-0.4, -0.2) is 5.78 Å². The van der Waals surface area contributed by atoms with E-state index >= 15 is 0 Å². The molecule has 0 spiro atoms. The molecule has 0 heterocycles. The molecule has 0 aliphatic carbocycles. The van der Waals surface area contributed by atoms with Crippen molar-refractivity contribution in [1.82, 2.24) is 0 Å². The van der Waals surface area contributed by atoms with E-state index in [1.807, 2.05) is 32.9 Å². The van der Waals surface area contributed by atoms with Crippen molar-refractivity contribution >= 4 is 5.78 Å². The van der Waals surface area contributed by atoms with E-state index < -0.39 is 0 Å². The second kappa shape index (κ2) is 4.87. The number of ketones is 1. The molecule has 0 aliphatic heterocycles. The number of carbonyl (C=O) groups excluding carboxylic acids is 1. The first kappa shape index (κ1) is 13.7. The maximum Gasteiger partial charge on any atom is 0.186 e. The Bertz CT molecular complexity index is 455. The third-order valence-corrected chi connectivity index (χ3v) is 2.79. The highest BCUT2D eigenvalue weighted by Gasteiger charge is 2.16. The molecule has 0 amide bonds. The lowest BCUT2D eigenvalue weighted by Crippen LogP contribution is -2.12.